The minimum Gasteiger partial charge on any atom is -0.464 e. The number of rotatable bonds is 9. The molecule has 60 heavy (non-hydrogen) atoms. The van der Waals surface area contributed by atoms with Crippen LogP contribution in [-0.2, 0) is 48.0 Å². The van der Waals surface area contributed by atoms with E-state index in [1.807, 2.05) is 39.0 Å². The van der Waals surface area contributed by atoms with Crippen molar-refractivity contribution in [3.8, 4) is 22.4 Å². The second kappa shape index (κ2) is 17.9. The largest absolute Gasteiger partial charge is 0.464 e. The van der Waals surface area contributed by atoms with E-state index in [9.17, 15) is 19.2 Å². The van der Waals surface area contributed by atoms with E-state index < -0.39 is 35.4 Å². The van der Waals surface area contributed by atoms with Crippen molar-refractivity contribution in [2.24, 2.45) is 17.3 Å². The SMILES string of the molecule is CCn1c(-c2cccnc2[C@H](C)OC)c2c3cc(ccc31)-c1cccc(c1)C[C@H](NC(=O)[C@H](C(C)C)N(C)C(=O)C1CNC1)C(=O)N1CCC[C@H](N1)C(=O)OCC(C)(C)C2. The van der Waals surface area contributed by atoms with Crippen LogP contribution in [0.25, 0.3) is 33.3 Å². The number of aromatic nitrogens is 2. The number of ether oxygens (including phenoxy) is 2. The Kier molecular flexibility index (Phi) is 12.8. The minimum absolute atomic E-state index is 0.0968. The number of fused-ring (bicyclic) bond motifs is 6. The van der Waals surface area contributed by atoms with Crippen LogP contribution >= 0.6 is 0 Å². The first kappa shape index (κ1) is 43.0. The average Bonchev–Trinajstić information content (AvgIpc) is 3.52. The number of hydrogen-bond acceptors (Lipinski definition) is 9. The van der Waals surface area contributed by atoms with E-state index in [0.29, 0.717) is 38.9 Å². The Morgan fingerprint density at radius 2 is 1.83 bits per heavy atom. The third kappa shape index (κ3) is 8.71. The summed E-state index contributed by atoms with van der Waals surface area (Å²) >= 11 is 0. The number of hydrogen-bond donors (Lipinski definition) is 3. The van der Waals surface area contributed by atoms with Gasteiger partial charge in [-0.25, -0.2) is 5.43 Å². The summed E-state index contributed by atoms with van der Waals surface area (Å²) in [4.78, 5) is 62.3. The van der Waals surface area contributed by atoms with E-state index in [4.69, 9.17) is 14.5 Å². The molecule has 4 atom stereocenters. The highest BCUT2D eigenvalue weighted by Crippen LogP contribution is 2.42. The quantitative estimate of drug-likeness (QED) is 0.188. The van der Waals surface area contributed by atoms with Gasteiger partial charge in [0.05, 0.1) is 30.0 Å². The van der Waals surface area contributed by atoms with Gasteiger partial charge >= 0.3 is 5.97 Å². The molecule has 2 aromatic heterocycles. The van der Waals surface area contributed by atoms with Gasteiger partial charge in [-0.1, -0.05) is 58.0 Å². The van der Waals surface area contributed by atoms with Gasteiger partial charge in [0.25, 0.3) is 5.91 Å². The number of carbonyl (C=O) groups is 4. The van der Waals surface area contributed by atoms with Crippen LogP contribution in [0.1, 0.15) is 77.3 Å². The van der Waals surface area contributed by atoms with E-state index in [-0.39, 0.29) is 42.8 Å². The lowest BCUT2D eigenvalue weighted by atomic mass is 9.84. The first-order valence-electron chi connectivity index (χ1n) is 21.5. The highest BCUT2D eigenvalue weighted by Gasteiger charge is 2.39. The molecule has 2 fully saturated rings. The fraction of sp³-hybridized carbons (Fsp3) is 0.511. The van der Waals surface area contributed by atoms with Crippen LogP contribution < -0.4 is 16.1 Å². The van der Waals surface area contributed by atoms with E-state index in [1.165, 1.54) is 9.91 Å². The maximum absolute atomic E-state index is 14.6. The van der Waals surface area contributed by atoms with Crippen molar-refractivity contribution >= 4 is 34.6 Å². The van der Waals surface area contributed by atoms with E-state index in [2.05, 4.69) is 77.8 Å². The molecule has 7 rings (SSSR count). The van der Waals surface area contributed by atoms with Crippen molar-refractivity contribution < 1.29 is 28.7 Å². The first-order valence-corrected chi connectivity index (χ1v) is 21.5. The fourth-order valence-corrected chi connectivity index (χ4v) is 9.06. The molecule has 4 aromatic rings. The molecule has 5 heterocycles. The lowest BCUT2D eigenvalue weighted by molar-refractivity contribution is -0.155. The molecule has 0 unspecified atom stereocenters. The highest BCUT2D eigenvalue weighted by atomic mass is 16.5. The number of carbonyl (C=O) groups excluding carboxylic acids is 4. The predicted molar refractivity (Wildman–Crippen MR) is 231 cm³/mol. The zero-order chi connectivity index (χ0) is 42.9. The van der Waals surface area contributed by atoms with Crippen LogP contribution in [0.4, 0.5) is 0 Å². The number of nitrogens with one attached hydrogen (secondary N) is 3. The van der Waals surface area contributed by atoms with Crippen LogP contribution in [0.3, 0.4) is 0 Å². The van der Waals surface area contributed by atoms with Crippen molar-refractivity contribution in [2.75, 3.05) is 40.4 Å². The summed E-state index contributed by atoms with van der Waals surface area (Å²) in [6, 6.07) is 16.2. The molecule has 13 nitrogen and oxygen atoms in total. The minimum atomic E-state index is -0.985. The number of nitrogens with zero attached hydrogens (tertiary/aromatic N) is 4. The molecule has 320 valence electrons. The first-order chi connectivity index (χ1) is 28.7. The molecule has 3 aliphatic rings. The average molecular weight is 820 g/mol. The zero-order valence-electron chi connectivity index (χ0n) is 36.3. The van der Waals surface area contributed by atoms with Gasteiger partial charge < -0.3 is 29.6 Å². The smallest absolute Gasteiger partial charge is 0.324 e. The number of hydrazine groups is 1. The Balaban J connectivity index is 1.33. The summed E-state index contributed by atoms with van der Waals surface area (Å²) in [5.41, 5.74) is 10.7. The monoisotopic (exact) mass is 819 g/mol. The van der Waals surface area contributed by atoms with E-state index in [1.54, 1.807) is 20.4 Å². The Morgan fingerprint density at radius 1 is 1.07 bits per heavy atom. The van der Waals surface area contributed by atoms with E-state index in [0.717, 1.165) is 56.7 Å². The Labute approximate surface area is 353 Å². The molecule has 13 heteroatoms. The molecular weight excluding hydrogens is 759 g/mol. The maximum atomic E-state index is 14.6. The normalized spacial score (nSPS) is 20.9. The van der Waals surface area contributed by atoms with Crippen LogP contribution in [0.5, 0.6) is 0 Å². The second-order valence-electron chi connectivity index (χ2n) is 17.8. The second-order valence-corrected chi connectivity index (χ2v) is 17.8. The summed E-state index contributed by atoms with van der Waals surface area (Å²) in [6.07, 6.45) is 3.44. The van der Waals surface area contributed by atoms with Crippen molar-refractivity contribution in [1.82, 2.24) is 35.5 Å². The van der Waals surface area contributed by atoms with Crippen LogP contribution in [0.15, 0.2) is 60.8 Å². The molecule has 3 amide bonds. The molecule has 2 aromatic carbocycles. The molecule has 2 saturated heterocycles. The highest BCUT2D eigenvalue weighted by molar-refractivity contribution is 5.96. The molecular formula is C47H61N7O6. The molecule has 0 saturated carbocycles. The van der Waals surface area contributed by atoms with Gasteiger partial charge in [-0.15, -0.1) is 0 Å². The Bertz CT molecular complexity index is 2250. The van der Waals surface area contributed by atoms with Crippen molar-refractivity contribution in [3.05, 3.63) is 77.6 Å². The number of esters is 1. The number of benzene rings is 2. The van der Waals surface area contributed by atoms with Gasteiger partial charge in [0.2, 0.25) is 11.8 Å². The van der Waals surface area contributed by atoms with Crippen molar-refractivity contribution in [2.45, 2.75) is 98.0 Å². The zero-order valence-corrected chi connectivity index (χ0v) is 36.3. The van der Waals surface area contributed by atoms with Gasteiger partial charge in [-0.2, -0.15) is 0 Å². The van der Waals surface area contributed by atoms with Gasteiger partial charge in [0.1, 0.15) is 18.1 Å². The maximum Gasteiger partial charge on any atom is 0.324 e. The van der Waals surface area contributed by atoms with Gasteiger partial charge in [-0.3, -0.25) is 29.2 Å². The predicted octanol–water partition coefficient (Wildman–Crippen LogP) is 5.45. The summed E-state index contributed by atoms with van der Waals surface area (Å²) in [5.74, 6) is -1.67. The fourth-order valence-electron chi connectivity index (χ4n) is 9.06. The summed E-state index contributed by atoms with van der Waals surface area (Å²) in [5, 5.41) is 8.76. The molecule has 6 bridgehead atoms. The molecule has 0 radical (unpaired) electrons. The van der Waals surface area contributed by atoms with Crippen LogP contribution in [-0.4, -0.2) is 102 Å². The van der Waals surface area contributed by atoms with Crippen LogP contribution in [0.2, 0.25) is 0 Å². The molecule has 3 N–H and O–H groups in total. The standard InChI is InChI=1S/C47H61N7O6/c1-9-53-39-18-17-32-23-35(39)36(42(53)34-15-11-19-49-40(34)29(4)59-8)24-47(5,6)27-60-46(58)37-16-12-20-54(51-37)45(57)38(22-30-13-10-14-31(32)21-30)50-43(55)41(28(2)3)52(7)44(56)33-25-48-26-33/h10-11,13-15,17-19,21,23,28-29,33,37-38,41,48,51H,9,12,16,20,22,24-27H2,1-8H3,(H,50,55)/t29-,37-,38-,41-/m0/s1. The number of methoxy groups -OCH3 is 1. The number of cyclic esters (lactones) is 1. The van der Waals surface area contributed by atoms with Crippen molar-refractivity contribution in [3.63, 3.8) is 0 Å². The van der Waals surface area contributed by atoms with Crippen LogP contribution in [0, 0.1) is 17.3 Å². The number of aryl methyl sites for hydroxylation is 1. The summed E-state index contributed by atoms with van der Waals surface area (Å²) in [7, 11) is 3.36. The lowest BCUT2D eigenvalue weighted by Crippen LogP contribution is -2.62. The van der Waals surface area contributed by atoms with Gasteiger partial charge in [0, 0.05) is 74.8 Å². The number of likely N-dealkylation sites (N-methyl/N-ethyl adjacent to an activating group) is 1. The summed E-state index contributed by atoms with van der Waals surface area (Å²) in [6.45, 7) is 14.6. The third-order valence-corrected chi connectivity index (χ3v) is 12.4. The molecule has 0 spiro atoms. The number of pyridine rings is 1. The Hall–Kier alpha value is -5.11. The van der Waals surface area contributed by atoms with Crippen molar-refractivity contribution in [1.29, 1.82) is 0 Å². The van der Waals surface area contributed by atoms with Gasteiger partial charge in [0.15, 0.2) is 0 Å². The summed E-state index contributed by atoms with van der Waals surface area (Å²) < 4.78 is 14.3. The third-order valence-electron chi connectivity index (χ3n) is 12.4. The topological polar surface area (TPSA) is 147 Å². The lowest BCUT2D eigenvalue weighted by Gasteiger charge is -2.38. The Morgan fingerprint density at radius 3 is 2.53 bits per heavy atom. The van der Waals surface area contributed by atoms with Gasteiger partial charge in [-0.05, 0) is 85.5 Å². The molecule has 0 aliphatic carbocycles. The number of amides is 3. The van der Waals surface area contributed by atoms with E-state index >= 15 is 0 Å². The molecule has 3 aliphatic heterocycles.